The van der Waals surface area contributed by atoms with E-state index in [0.29, 0.717) is 0 Å². The van der Waals surface area contributed by atoms with E-state index in [1.54, 1.807) is 0 Å². The molecule has 0 heterocycles. The summed E-state index contributed by atoms with van der Waals surface area (Å²) in [6.07, 6.45) is -17.3. The van der Waals surface area contributed by atoms with E-state index in [-0.39, 0.29) is 0 Å². The molecule has 0 aliphatic heterocycles. The highest BCUT2D eigenvalue weighted by Crippen LogP contribution is 2.40. The summed E-state index contributed by atoms with van der Waals surface area (Å²) in [4.78, 5) is 10.3. The molecule has 0 N–H and O–H groups in total. The Morgan fingerprint density at radius 3 is 1.47 bits per heavy atom. The Bertz CT molecular complexity index is 259. The van der Waals surface area contributed by atoms with Crippen LogP contribution in [0.3, 0.4) is 0 Å². The summed E-state index contributed by atoms with van der Waals surface area (Å²) in [5.74, 6) is -7.63. The molecule has 0 radical (unpaired) electrons. The Balaban J connectivity index is 4.81. The van der Waals surface area contributed by atoms with Crippen molar-refractivity contribution in [2.45, 2.75) is 18.5 Å². The zero-order valence-electron chi connectivity index (χ0n) is 7.50. The highest BCUT2D eigenvalue weighted by Gasteiger charge is 2.62. The van der Waals surface area contributed by atoms with Gasteiger partial charge in [-0.05, 0) is 0 Å². The van der Waals surface area contributed by atoms with Crippen LogP contribution in [0.15, 0.2) is 0 Å². The van der Waals surface area contributed by atoms with E-state index in [1.807, 2.05) is 0 Å². The molecule has 0 atom stereocenters. The van der Waals surface area contributed by atoms with Crippen LogP contribution in [0.4, 0.5) is 39.5 Å². The molecule has 17 heavy (non-hydrogen) atoms. The largest absolute Gasteiger partial charge is 0.455 e. The van der Waals surface area contributed by atoms with Crippen molar-refractivity contribution in [2.24, 2.45) is 5.92 Å². The smallest absolute Gasteiger partial charge is 0.422 e. The second kappa shape index (κ2) is 4.61. The van der Waals surface area contributed by atoms with E-state index < -0.39 is 37.0 Å². The predicted molar refractivity (Wildman–Crippen MR) is 32.6 cm³/mol. The maximum absolute atomic E-state index is 11.8. The first-order chi connectivity index (χ1) is 7.25. The summed E-state index contributed by atoms with van der Waals surface area (Å²) in [7, 11) is 0. The quantitative estimate of drug-likeness (QED) is 0.573. The molecule has 0 aromatic rings. The molecule has 0 saturated heterocycles. The molecular formula is C6H3F9O2. The Hall–Kier alpha value is -1.16. The van der Waals surface area contributed by atoms with Crippen LogP contribution >= 0.6 is 0 Å². The fourth-order valence-electron chi connectivity index (χ4n) is 0.689. The van der Waals surface area contributed by atoms with Crippen molar-refractivity contribution < 1.29 is 49.0 Å². The highest BCUT2D eigenvalue weighted by molar-refractivity contribution is 5.74. The molecule has 0 aromatic carbocycles. The Morgan fingerprint density at radius 1 is 0.882 bits per heavy atom. The number of halogens is 9. The topological polar surface area (TPSA) is 26.3 Å². The van der Waals surface area contributed by atoms with Gasteiger partial charge in [0, 0.05) is 0 Å². The minimum absolute atomic E-state index is 2.52. The molecule has 0 unspecified atom stereocenters. The van der Waals surface area contributed by atoms with Crippen LogP contribution < -0.4 is 0 Å². The summed E-state index contributed by atoms with van der Waals surface area (Å²) in [5.41, 5.74) is 0. The van der Waals surface area contributed by atoms with Crippen LogP contribution in [0.5, 0.6) is 0 Å². The van der Waals surface area contributed by atoms with Crippen LogP contribution in [0.2, 0.25) is 0 Å². The maximum atomic E-state index is 11.8. The van der Waals surface area contributed by atoms with E-state index >= 15 is 0 Å². The molecule has 0 aliphatic rings. The van der Waals surface area contributed by atoms with E-state index in [2.05, 4.69) is 4.74 Å². The van der Waals surface area contributed by atoms with Crippen molar-refractivity contribution in [1.82, 2.24) is 0 Å². The fraction of sp³-hybridized carbons (Fsp3) is 0.833. The van der Waals surface area contributed by atoms with Gasteiger partial charge in [0.15, 0.2) is 6.61 Å². The molecule has 11 heteroatoms. The molecule has 0 amide bonds. The van der Waals surface area contributed by atoms with Gasteiger partial charge >= 0.3 is 24.5 Å². The molecule has 0 fully saturated rings. The van der Waals surface area contributed by atoms with Gasteiger partial charge in [-0.1, -0.05) is 0 Å². The third-order valence-corrected chi connectivity index (χ3v) is 1.27. The minimum Gasteiger partial charge on any atom is -0.455 e. The van der Waals surface area contributed by atoms with Gasteiger partial charge in [-0.2, -0.15) is 39.5 Å². The van der Waals surface area contributed by atoms with E-state index in [1.165, 1.54) is 0 Å². The first-order valence-corrected chi connectivity index (χ1v) is 3.62. The fourth-order valence-corrected chi connectivity index (χ4v) is 0.689. The molecule has 102 valence electrons. The number of esters is 1. The molecule has 0 aromatic heterocycles. The van der Waals surface area contributed by atoms with Crippen molar-refractivity contribution in [3.05, 3.63) is 0 Å². The third kappa shape index (κ3) is 5.63. The lowest BCUT2D eigenvalue weighted by atomic mass is 10.1. The van der Waals surface area contributed by atoms with E-state index in [0.717, 1.165) is 0 Å². The molecular weight excluding hydrogens is 275 g/mol. The average Bonchev–Trinajstić information content (AvgIpc) is 1.93. The van der Waals surface area contributed by atoms with E-state index in [9.17, 15) is 44.3 Å². The SMILES string of the molecule is O=C(OCC(F)(F)F)C(C(F)(F)F)C(F)(F)F. The Morgan fingerprint density at radius 2 is 1.24 bits per heavy atom. The average molecular weight is 278 g/mol. The Labute approximate surface area is 87.3 Å². The summed E-state index contributed by atoms with van der Waals surface area (Å²) in [6, 6.07) is 0. The van der Waals surface area contributed by atoms with Gasteiger partial charge < -0.3 is 4.74 Å². The van der Waals surface area contributed by atoms with Crippen LogP contribution in [0.25, 0.3) is 0 Å². The van der Waals surface area contributed by atoms with Crippen LogP contribution in [-0.4, -0.2) is 31.1 Å². The second-order valence-corrected chi connectivity index (χ2v) is 2.74. The summed E-state index contributed by atoms with van der Waals surface area (Å²) >= 11 is 0. The number of carbonyl (C=O) groups is 1. The summed E-state index contributed by atoms with van der Waals surface area (Å²) < 4.78 is 108. The van der Waals surface area contributed by atoms with Gasteiger partial charge in [-0.3, -0.25) is 4.79 Å². The highest BCUT2D eigenvalue weighted by atomic mass is 19.4. The minimum atomic E-state index is -6.07. The number of hydrogen-bond donors (Lipinski definition) is 0. The maximum Gasteiger partial charge on any atom is 0.422 e. The monoisotopic (exact) mass is 278 g/mol. The first-order valence-electron chi connectivity index (χ1n) is 3.62. The molecule has 0 bridgehead atoms. The zero-order chi connectivity index (χ0) is 14.1. The molecule has 2 nitrogen and oxygen atoms in total. The van der Waals surface area contributed by atoms with Crippen LogP contribution in [0, 0.1) is 5.92 Å². The second-order valence-electron chi connectivity index (χ2n) is 2.74. The predicted octanol–water partition coefficient (Wildman–Crippen LogP) is 2.83. The Kier molecular flexibility index (Phi) is 4.29. The number of hydrogen-bond acceptors (Lipinski definition) is 2. The lowest BCUT2D eigenvalue weighted by molar-refractivity contribution is -0.285. The summed E-state index contributed by atoms with van der Waals surface area (Å²) in [6.45, 7) is -2.52. The van der Waals surface area contributed by atoms with Crippen molar-refractivity contribution in [2.75, 3.05) is 6.61 Å². The van der Waals surface area contributed by atoms with Gasteiger partial charge in [-0.25, -0.2) is 0 Å². The third-order valence-electron chi connectivity index (χ3n) is 1.27. The first kappa shape index (κ1) is 15.8. The summed E-state index contributed by atoms with van der Waals surface area (Å²) in [5, 5.41) is 0. The lowest BCUT2D eigenvalue weighted by Crippen LogP contribution is -2.44. The number of carbonyl (C=O) groups excluding carboxylic acids is 1. The van der Waals surface area contributed by atoms with Crippen LogP contribution in [0.1, 0.15) is 0 Å². The standard InChI is InChI=1S/C6H3F9O2/c7-4(8,9)1-17-3(16)2(5(10,11)12)6(13,14)15/h2H,1H2. The lowest BCUT2D eigenvalue weighted by Gasteiger charge is -2.21. The molecule has 0 spiro atoms. The number of ether oxygens (including phenoxy) is 1. The van der Waals surface area contributed by atoms with Crippen molar-refractivity contribution >= 4 is 5.97 Å². The van der Waals surface area contributed by atoms with Gasteiger partial charge in [-0.15, -0.1) is 0 Å². The van der Waals surface area contributed by atoms with E-state index in [4.69, 9.17) is 0 Å². The van der Waals surface area contributed by atoms with Crippen LogP contribution in [-0.2, 0) is 9.53 Å². The van der Waals surface area contributed by atoms with Gasteiger partial charge in [0.25, 0.3) is 0 Å². The van der Waals surface area contributed by atoms with Gasteiger partial charge in [0.1, 0.15) is 0 Å². The van der Waals surface area contributed by atoms with Crippen molar-refractivity contribution in [3.8, 4) is 0 Å². The zero-order valence-corrected chi connectivity index (χ0v) is 7.50. The van der Waals surface area contributed by atoms with Crippen molar-refractivity contribution in [3.63, 3.8) is 0 Å². The number of rotatable bonds is 2. The van der Waals surface area contributed by atoms with Gasteiger partial charge in [0.2, 0.25) is 5.92 Å². The molecule has 0 saturated carbocycles. The normalized spacial score (nSPS) is 14.0. The molecule has 0 aliphatic carbocycles. The van der Waals surface area contributed by atoms with Gasteiger partial charge in [0.05, 0.1) is 0 Å². The molecule has 0 rings (SSSR count). The number of alkyl halides is 9. The van der Waals surface area contributed by atoms with Crippen molar-refractivity contribution in [1.29, 1.82) is 0 Å².